The van der Waals surface area contributed by atoms with Crippen LogP contribution in [0.15, 0.2) is 53.5 Å². The number of nitrogens with two attached hydrogens (primary N) is 1. The summed E-state index contributed by atoms with van der Waals surface area (Å²) in [6, 6.07) is 12.0. The Hall–Kier alpha value is -2.30. The van der Waals surface area contributed by atoms with Gasteiger partial charge in [0, 0.05) is 5.56 Å². The van der Waals surface area contributed by atoms with Gasteiger partial charge >= 0.3 is 6.18 Å². The summed E-state index contributed by atoms with van der Waals surface area (Å²) >= 11 is 0. The zero-order valence-electron chi connectivity index (χ0n) is 10.8. The maximum Gasteiger partial charge on any atom is 0.416 e. The summed E-state index contributed by atoms with van der Waals surface area (Å²) in [5.74, 6) is 0.268. The number of nitrogens with zero attached hydrogens (tertiary/aromatic N) is 1. The second-order valence-corrected chi connectivity index (χ2v) is 4.41. The first-order valence-electron chi connectivity index (χ1n) is 5.95. The fraction of sp³-hybridized carbons (Fsp3) is 0.133. The lowest BCUT2D eigenvalue weighted by atomic mass is 10.1. The molecule has 0 aromatic heterocycles. The summed E-state index contributed by atoms with van der Waals surface area (Å²) in [4.78, 5) is 4.11. The zero-order chi connectivity index (χ0) is 14.8. The molecule has 0 bridgehead atoms. The summed E-state index contributed by atoms with van der Waals surface area (Å²) in [6.07, 6.45) is -4.34. The highest BCUT2D eigenvalue weighted by Gasteiger charge is 2.29. The Morgan fingerprint density at radius 1 is 0.950 bits per heavy atom. The third-order valence-electron chi connectivity index (χ3n) is 2.79. The van der Waals surface area contributed by atoms with Crippen LogP contribution in [0.3, 0.4) is 0 Å². The highest BCUT2D eigenvalue weighted by Crippen LogP contribution is 2.30. The van der Waals surface area contributed by atoms with Crippen molar-refractivity contribution in [3.8, 4) is 0 Å². The second kappa shape index (κ2) is 5.36. The van der Waals surface area contributed by atoms with Crippen molar-refractivity contribution in [1.29, 1.82) is 0 Å². The van der Waals surface area contributed by atoms with Gasteiger partial charge in [0.25, 0.3) is 0 Å². The molecular weight excluding hydrogens is 265 g/mol. The number of rotatable bonds is 2. The number of aryl methyl sites for hydroxylation is 1. The molecule has 2 nitrogen and oxygen atoms in total. The molecule has 0 aliphatic rings. The van der Waals surface area contributed by atoms with Crippen LogP contribution in [0.1, 0.15) is 16.7 Å². The van der Waals surface area contributed by atoms with E-state index in [9.17, 15) is 13.2 Å². The van der Waals surface area contributed by atoms with Crippen molar-refractivity contribution >= 4 is 11.5 Å². The lowest BCUT2D eigenvalue weighted by molar-refractivity contribution is -0.137. The molecule has 0 saturated heterocycles. The van der Waals surface area contributed by atoms with Gasteiger partial charge in [0.05, 0.1) is 11.3 Å². The number of halogens is 3. The van der Waals surface area contributed by atoms with Gasteiger partial charge in [-0.2, -0.15) is 13.2 Å². The summed E-state index contributed by atoms with van der Waals surface area (Å²) in [7, 11) is 0. The molecule has 2 rings (SSSR count). The molecular formula is C15H13F3N2. The SMILES string of the molecule is Cc1ccc(C(N)=Nc2ccc(C(F)(F)F)cc2)cc1. The third kappa shape index (κ3) is 3.38. The summed E-state index contributed by atoms with van der Waals surface area (Å²) in [5, 5.41) is 0. The summed E-state index contributed by atoms with van der Waals surface area (Å²) < 4.78 is 37.3. The quantitative estimate of drug-likeness (QED) is 0.653. The second-order valence-electron chi connectivity index (χ2n) is 4.41. The molecule has 5 heteroatoms. The molecule has 104 valence electrons. The lowest BCUT2D eigenvalue weighted by Gasteiger charge is -2.06. The third-order valence-corrected chi connectivity index (χ3v) is 2.79. The first-order valence-corrected chi connectivity index (χ1v) is 5.95. The maximum absolute atomic E-state index is 12.4. The van der Waals surface area contributed by atoms with E-state index in [0.29, 0.717) is 5.69 Å². The predicted octanol–water partition coefficient (Wildman–Crippen LogP) is 4.05. The van der Waals surface area contributed by atoms with E-state index in [-0.39, 0.29) is 5.84 Å². The van der Waals surface area contributed by atoms with Crippen molar-refractivity contribution in [2.24, 2.45) is 10.7 Å². The minimum Gasteiger partial charge on any atom is -0.383 e. The van der Waals surface area contributed by atoms with Gasteiger partial charge in [-0.05, 0) is 31.2 Å². The molecule has 0 amide bonds. The van der Waals surface area contributed by atoms with Gasteiger partial charge in [-0.15, -0.1) is 0 Å². The fourth-order valence-electron chi connectivity index (χ4n) is 1.65. The van der Waals surface area contributed by atoms with Crippen LogP contribution in [-0.4, -0.2) is 5.84 Å². The number of amidine groups is 1. The average Bonchev–Trinajstić information content (AvgIpc) is 2.39. The molecule has 0 aliphatic carbocycles. The number of alkyl halides is 3. The Morgan fingerprint density at radius 3 is 2.00 bits per heavy atom. The Morgan fingerprint density at radius 2 is 1.50 bits per heavy atom. The van der Waals surface area contributed by atoms with Crippen LogP contribution in [0.5, 0.6) is 0 Å². The number of benzene rings is 2. The standard InChI is InChI=1S/C15H13F3N2/c1-10-2-4-11(5-3-10)14(19)20-13-8-6-12(7-9-13)15(16,17)18/h2-9H,1H3,(H2,19,20). The number of hydrogen-bond donors (Lipinski definition) is 1. The van der Waals surface area contributed by atoms with Gasteiger partial charge in [-0.25, -0.2) is 4.99 Å². The van der Waals surface area contributed by atoms with E-state index in [4.69, 9.17) is 5.73 Å². The largest absolute Gasteiger partial charge is 0.416 e. The molecule has 0 saturated carbocycles. The Labute approximate surface area is 114 Å². The molecule has 0 fully saturated rings. The molecule has 2 aromatic carbocycles. The number of aliphatic imine (C=N–C) groups is 1. The Bertz CT molecular complexity index is 611. The molecule has 2 N–H and O–H groups in total. The minimum absolute atomic E-state index is 0.268. The molecule has 20 heavy (non-hydrogen) atoms. The molecule has 0 aliphatic heterocycles. The Balaban J connectivity index is 2.24. The molecule has 0 heterocycles. The van der Waals surface area contributed by atoms with Gasteiger partial charge in [0.2, 0.25) is 0 Å². The van der Waals surface area contributed by atoms with Gasteiger partial charge in [-0.3, -0.25) is 0 Å². The predicted molar refractivity (Wildman–Crippen MR) is 73.0 cm³/mol. The van der Waals surface area contributed by atoms with Gasteiger partial charge in [0.1, 0.15) is 5.84 Å². The summed E-state index contributed by atoms with van der Waals surface area (Å²) in [6.45, 7) is 1.95. The highest BCUT2D eigenvalue weighted by molar-refractivity contribution is 5.99. The van der Waals surface area contributed by atoms with Crippen LogP contribution in [0, 0.1) is 6.92 Å². The van der Waals surface area contributed by atoms with Crippen LogP contribution in [-0.2, 0) is 6.18 Å². The van der Waals surface area contributed by atoms with Crippen LogP contribution < -0.4 is 5.73 Å². The van der Waals surface area contributed by atoms with Crippen molar-refractivity contribution in [2.45, 2.75) is 13.1 Å². The monoisotopic (exact) mass is 278 g/mol. The summed E-state index contributed by atoms with van der Waals surface area (Å²) in [5.41, 5.74) is 7.34. The molecule has 0 unspecified atom stereocenters. The van der Waals surface area contributed by atoms with Gasteiger partial charge in [0.15, 0.2) is 0 Å². The first-order chi connectivity index (χ1) is 9.36. The molecule has 0 spiro atoms. The normalized spacial score (nSPS) is 12.5. The molecule has 0 atom stereocenters. The Kier molecular flexibility index (Phi) is 3.79. The van der Waals surface area contributed by atoms with Crippen LogP contribution >= 0.6 is 0 Å². The minimum atomic E-state index is -4.34. The molecule has 0 radical (unpaired) electrons. The van der Waals surface area contributed by atoms with E-state index in [1.54, 1.807) is 0 Å². The van der Waals surface area contributed by atoms with E-state index in [1.807, 2.05) is 31.2 Å². The first kappa shape index (κ1) is 14.1. The van der Waals surface area contributed by atoms with E-state index in [1.165, 1.54) is 12.1 Å². The fourth-order valence-corrected chi connectivity index (χ4v) is 1.65. The van der Waals surface area contributed by atoms with E-state index in [0.717, 1.165) is 23.3 Å². The zero-order valence-corrected chi connectivity index (χ0v) is 10.8. The van der Waals surface area contributed by atoms with Crippen LogP contribution in [0.2, 0.25) is 0 Å². The highest BCUT2D eigenvalue weighted by atomic mass is 19.4. The van der Waals surface area contributed by atoms with Crippen molar-refractivity contribution in [1.82, 2.24) is 0 Å². The maximum atomic E-state index is 12.4. The van der Waals surface area contributed by atoms with Crippen molar-refractivity contribution in [3.63, 3.8) is 0 Å². The van der Waals surface area contributed by atoms with E-state index < -0.39 is 11.7 Å². The van der Waals surface area contributed by atoms with E-state index >= 15 is 0 Å². The lowest BCUT2D eigenvalue weighted by Crippen LogP contribution is -2.12. The average molecular weight is 278 g/mol. The van der Waals surface area contributed by atoms with Crippen LogP contribution in [0.4, 0.5) is 18.9 Å². The van der Waals surface area contributed by atoms with Crippen molar-refractivity contribution < 1.29 is 13.2 Å². The van der Waals surface area contributed by atoms with Crippen molar-refractivity contribution in [2.75, 3.05) is 0 Å². The topological polar surface area (TPSA) is 38.4 Å². The smallest absolute Gasteiger partial charge is 0.383 e. The van der Waals surface area contributed by atoms with Gasteiger partial charge < -0.3 is 5.73 Å². The van der Waals surface area contributed by atoms with Crippen LogP contribution in [0.25, 0.3) is 0 Å². The van der Waals surface area contributed by atoms with Gasteiger partial charge in [-0.1, -0.05) is 29.8 Å². The molecule has 2 aromatic rings. The van der Waals surface area contributed by atoms with Crippen molar-refractivity contribution in [3.05, 3.63) is 65.2 Å². The number of hydrogen-bond acceptors (Lipinski definition) is 1. The van der Waals surface area contributed by atoms with E-state index in [2.05, 4.69) is 4.99 Å².